The molecule has 29 heavy (non-hydrogen) atoms. The van der Waals surface area contributed by atoms with E-state index >= 15 is 0 Å². The molecule has 4 heterocycles. The molecule has 0 N–H and O–H groups in total. The van der Waals surface area contributed by atoms with Crippen LogP contribution in [-0.2, 0) is 23.3 Å². The normalized spacial score (nSPS) is 18.9. The lowest BCUT2D eigenvalue weighted by molar-refractivity contribution is -0.0980. The third kappa shape index (κ3) is 3.35. The average Bonchev–Trinajstić information content (AvgIpc) is 3.31. The Balaban J connectivity index is 1.32. The maximum atomic E-state index is 13.3. The topological polar surface area (TPSA) is 17.4 Å². The molecular formula is C24H27FN2OS. The lowest BCUT2D eigenvalue weighted by atomic mass is 9.82. The van der Waals surface area contributed by atoms with Crippen LogP contribution in [0.3, 0.4) is 0 Å². The van der Waals surface area contributed by atoms with Gasteiger partial charge >= 0.3 is 0 Å². The van der Waals surface area contributed by atoms with Crippen molar-refractivity contribution in [3.05, 3.63) is 75.0 Å². The van der Waals surface area contributed by atoms with Crippen molar-refractivity contribution in [3.8, 4) is 5.69 Å². The van der Waals surface area contributed by atoms with Crippen LogP contribution >= 0.6 is 11.3 Å². The van der Waals surface area contributed by atoms with Crippen LogP contribution in [0, 0.1) is 19.7 Å². The van der Waals surface area contributed by atoms with E-state index in [4.69, 9.17) is 4.74 Å². The van der Waals surface area contributed by atoms with Crippen molar-refractivity contribution in [3.63, 3.8) is 0 Å². The van der Waals surface area contributed by atoms with Crippen molar-refractivity contribution in [2.24, 2.45) is 0 Å². The number of hydrogen-bond acceptors (Lipinski definition) is 3. The molecule has 5 rings (SSSR count). The minimum absolute atomic E-state index is 0.0604. The quantitative estimate of drug-likeness (QED) is 0.578. The first-order valence-electron chi connectivity index (χ1n) is 10.4. The average molecular weight is 411 g/mol. The first-order valence-corrected chi connectivity index (χ1v) is 11.3. The Hall–Kier alpha value is -1.95. The smallest absolute Gasteiger partial charge is 0.123 e. The van der Waals surface area contributed by atoms with Gasteiger partial charge in [0.25, 0.3) is 0 Å². The Morgan fingerprint density at radius 1 is 1.10 bits per heavy atom. The molecule has 2 aromatic heterocycles. The lowest BCUT2D eigenvalue weighted by Gasteiger charge is -2.44. The number of rotatable bonds is 3. The van der Waals surface area contributed by atoms with Gasteiger partial charge in [-0.25, -0.2) is 4.39 Å². The number of piperidine rings is 1. The van der Waals surface area contributed by atoms with E-state index in [1.807, 2.05) is 23.5 Å². The zero-order valence-corrected chi connectivity index (χ0v) is 17.9. The highest BCUT2D eigenvalue weighted by atomic mass is 32.1. The molecule has 0 aliphatic carbocycles. The van der Waals surface area contributed by atoms with Crippen molar-refractivity contribution in [1.82, 2.24) is 9.47 Å². The Kier molecular flexibility index (Phi) is 4.85. The van der Waals surface area contributed by atoms with E-state index in [2.05, 4.69) is 40.8 Å². The Morgan fingerprint density at radius 2 is 1.86 bits per heavy atom. The third-order valence-corrected chi connectivity index (χ3v) is 7.60. The molecule has 3 nitrogen and oxygen atoms in total. The number of fused-ring (bicyclic) bond motifs is 2. The van der Waals surface area contributed by atoms with Crippen LogP contribution in [0.5, 0.6) is 0 Å². The van der Waals surface area contributed by atoms with Gasteiger partial charge in [0, 0.05) is 48.0 Å². The van der Waals surface area contributed by atoms with E-state index in [1.54, 1.807) is 0 Å². The molecule has 0 bridgehead atoms. The van der Waals surface area contributed by atoms with Crippen molar-refractivity contribution in [1.29, 1.82) is 0 Å². The van der Waals surface area contributed by atoms with Crippen LogP contribution in [0.25, 0.3) is 5.69 Å². The molecule has 0 amide bonds. The lowest BCUT2D eigenvalue weighted by Crippen LogP contribution is -2.45. The largest absolute Gasteiger partial charge is 0.370 e. The number of thiophene rings is 1. The second-order valence-electron chi connectivity index (χ2n) is 8.33. The number of halogens is 1. The molecule has 0 unspecified atom stereocenters. The molecular weight excluding hydrogens is 383 g/mol. The fourth-order valence-corrected chi connectivity index (χ4v) is 6.01. The van der Waals surface area contributed by atoms with Crippen molar-refractivity contribution in [2.45, 2.75) is 45.3 Å². The van der Waals surface area contributed by atoms with Crippen LogP contribution < -0.4 is 0 Å². The molecule has 1 aromatic carbocycles. The van der Waals surface area contributed by atoms with Gasteiger partial charge < -0.3 is 9.30 Å². The molecule has 2 aliphatic heterocycles. The van der Waals surface area contributed by atoms with E-state index in [0.29, 0.717) is 0 Å². The van der Waals surface area contributed by atoms with Gasteiger partial charge in [-0.3, -0.25) is 4.90 Å². The van der Waals surface area contributed by atoms with E-state index < -0.39 is 0 Å². The number of benzene rings is 1. The Labute approximate surface area is 175 Å². The molecule has 1 spiro atoms. The third-order valence-electron chi connectivity index (χ3n) is 6.62. The van der Waals surface area contributed by atoms with Gasteiger partial charge in [0.05, 0.1) is 12.2 Å². The Bertz CT molecular complexity index is 1010. The maximum absolute atomic E-state index is 13.3. The minimum atomic E-state index is -0.197. The summed E-state index contributed by atoms with van der Waals surface area (Å²) >= 11 is 1.88. The van der Waals surface area contributed by atoms with E-state index in [0.717, 1.165) is 51.2 Å². The van der Waals surface area contributed by atoms with Crippen molar-refractivity contribution in [2.75, 3.05) is 19.7 Å². The molecule has 1 fully saturated rings. The van der Waals surface area contributed by atoms with Crippen LogP contribution in [0.2, 0.25) is 0 Å². The van der Waals surface area contributed by atoms with Gasteiger partial charge in [0.2, 0.25) is 0 Å². The summed E-state index contributed by atoms with van der Waals surface area (Å²) in [5, 5.41) is 2.22. The summed E-state index contributed by atoms with van der Waals surface area (Å²) in [5.74, 6) is -0.197. The van der Waals surface area contributed by atoms with Crippen LogP contribution in [0.4, 0.5) is 4.39 Å². The summed E-state index contributed by atoms with van der Waals surface area (Å²) in [6.07, 6.45) is 3.19. The molecule has 0 saturated carbocycles. The van der Waals surface area contributed by atoms with E-state index in [1.165, 1.54) is 39.5 Å². The van der Waals surface area contributed by atoms with Gasteiger partial charge in [0.1, 0.15) is 5.82 Å². The first kappa shape index (κ1) is 19.0. The molecule has 3 aromatic rings. The van der Waals surface area contributed by atoms with Crippen molar-refractivity contribution >= 4 is 11.3 Å². The van der Waals surface area contributed by atoms with Crippen LogP contribution in [0.1, 0.15) is 40.2 Å². The molecule has 0 atom stereocenters. The summed E-state index contributed by atoms with van der Waals surface area (Å²) in [5.41, 5.74) is 6.19. The van der Waals surface area contributed by atoms with Gasteiger partial charge in [0.15, 0.2) is 0 Å². The van der Waals surface area contributed by atoms with Gasteiger partial charge in [-0.05, 0) is 79.6 Å². The van der Waals surface area contributed by atoms with E-state index in [9.17, 15) is 4.39 Å². The molecule has 0 radical (unpaired) electrons. The molecule has 2 aliphatic rings. The number of aromatic nitrogens is 1. The highest BCUT2D eigenvalue weighted by Gasteiger charge is 2.41. The second-order valence-corrected chi connectivity index (χ2v) is 9.34. The molecule has 5 heteroatoms. The van der Waals surface area contributed by atoms with Crippen molar-refractivity contribution < 1.29 is 9.13 Å². The Morgan fingerprint density at radius 3 is 2.62 bits per heavy atom. The molecule has 1 saturated heterocycles. The highest BCUT2D eigenvalue weighted by molar-refractivity contribution is 7.10. The van der Waals surface area contributed by atoms with Crippen LogP contribution in [-0.4, -0.2) is 29.2 Å². The summed E-state index contributed by atoms with van der Waals surface area (Å²) in [6.45, 7) is 8.20. The second kappa shape index (κ2) is 7.38. The predicted octanol–water partition coefficient (Wildman–Crippen LogP) is 5.36. The zero-order chi connectivity index (χ0) is 20.0. The highest BCUT2D eigenvalue weighted by Crippen LogP contribution is 2.43. The standard InChI is InChI=1S/C24H27FN2OS/c1-17-15-19(18(2)27(17)21-5-3-20(25)4-6-21)16-26-11-9-24(10-12-26)22-8-14-29-23(22)7-13-28-24/h3-6,8,14-15H,7,9-13,16H2,1-2H3. The first-order chi connectivity index (χ1) is 14.1. The summed E-state index contributed by atoms with van der Waals surface area (Å²) in [7, 11) is 0. The zero-order valence-electron chi connectivity index (χ0n) is 17.1. The molecule has 152 valence electrons. The summed E-state index contributed by atoms with van der Waals surface area (Å²) < 4.78 is 21.9. The van der Waals surface area contributed by atoms with Gasteiger partial charge in [-0.2, -0.15) is 0 Å². The maximum Gasteiger partial charge on any atom is 0.123 e. The fourth-order valence-electron chi connectivity index (χ4n) is 5.06. The van der Waals surface area contributed by atoms with Gasteiger partial charge in [-0.15, -0.1) is 11.3 Å². The van der Waals surface area contributed by atoms with Gasteiger partial charge in [-0.1, -0.05) is 0 Å². The summed E-state index contributed by atoms with van der Waals surface area (Å²) in [6, 6.07) is 11.3. The number of aryl methyl sites for hydroxylation is 1. The number of hydrogen-bond donors (Lipinski definition) is 0. The van der Waals surface area contributed by atoms with Crippen LogP contribution in [0.15, 0.2) is 41.8 Å². The summed E-state index contributed by atoms with van der Waals surface area (Å²) in [4.78, 5) is 4.07. The van der Waals surface area contributed by atoms with E-state index in [-0.39, 0.29) is 11.4 Å². The SMILES string of the molecule is Cc1cc(CN2CCC3(CC2)OCCc2sccc23)c(C)n1-c1ccc(F)cc1. The number of likely N-dealkylation sites (tertiary alicyclic amines) is 1. The fraction of sp³-hybridized carbons (Fsp3) is 0.417. The monoisotopic (exact) mass is 410 g/mol. The predicted molar refractivity (Wildman–Crippen MR) is 115 cm³/mol. The number of ether oxygens (including phenoxy) is 1. The minimum Gasteiger partial charge on any atom is -0.370 e. The number of nitrogens with zero attached hydrogens (tertiary/aromatic N) is 2.